The van der Waals surface area contributed by atoms with Gasteiger partial charge in [0.2, 0.25) is 10.0 Å². The Hall–Kier alpha value is -5.27. The van der Waals surface area contributed by atoms with Crippen LogP contribution in [-0.2, 0) is 37.9 Å². The molecule has 6 aromatic rings. The van der Waals surface area contributed by atoms with Crippen LogP contribution in [0, 0.1) is 0 Å². The fourth-order valence-electron chi connectivity index (χ4n) is 6.84. The Kier molecular flexibility index (Phi) is 11.0. The van der Waals surface area contributed by atoms with E-state index < -0.39 is 26.2 Å². The molecule has 278 valence electrons. The number of ether oxygens (including phenoxy) is 1. The van der Waals surface area contributed by atoms with E-state index in [0.29, 0.717) is 49.9 Å². The maximum absolute atomic E-state index is 14.3. The fraction of sp³-hybridized carbons (Fsp3) is 0.214. The van der Waals surface area contributed by atoms with Crippen molar-refractivity contribution < 1.29 is 30.6 Å². The third kappa shape index (κ3) is 8.27. The molecule has 7 rings (SSSR count). The lowest BCUT2D eigenvalue weighted by Crippen LogP contribution is -2.53. The SMILES string of the molecule is CN(C(Cc1ccc(OS(=O)(=O)c2cccc3ccccc23)cc1)CN1CCN(C(=O)OCc2ccccc2)CC1)S(=O)(=O)c1cccc2ccccc12. The van der Waals surface area contributed by atoms with Crippen LogP contribution in [0.15, 0.2) is 149 Å². The molecule has 1 aliphatic heterocycles. The summed E-state index contributed by atoms with van der Waals surface area (Å²) in [6, 6.07) is 40.7. The molecule has 0 aromatic heterocycles. The quantitative estimate of drug-likeness (QED) is 0.123. The third-order valence-electron chi connectivity index (χ3n) is 9.85. The molecule has 54 heavy (non-hydrogen) atoms. The average molecular weight is 764 g/mol. The molecule has 12 heteroatoms. The summed E-state index contributed by atoms with van der Waals surface area (Å²) in [5.41, 5.74) is 1.71. The maximum atomic E-state index is 14.3. The molecule has 1 aliphatic rings. The highest BCUT2D eigenvalue weighted by atomic mass is 32.2. The van der Waals surface area contributed by atoms with E-state index in [1.165, 1.54) is 10.4 Å². The van der Waals surface area contributed by atoms with Gasteiger partial charge in [0, 0.05) is 56.6 Å². The minimum atomic E-state index is -4.14. The van der Waals surface area contributed by atoms with Crippen LogP contribution in [0.25, 0.3) is 21.5 Å². The molecule has 1 saturated heterocycles. The first-order chi connectivity index (χ1) is 26.1. The highest BCUT2D eigenvalue weighted by molar-refractivity contribution is 7.89. The topological polar surface area (TPSA) is 114 Å². The molecule has 10 nitrogen and oxygen atoms in total. The van der Waals surface area contributed by atoms with Crippen molar-refractivity contribution >= 4 is 47.8 Å². The molecule has 0 radical (unpaired) electrons. The Bertz CT molecular complexity index is 2460. The van der Waals surface area contributed by atoms with Gasteiger partial charge in [0.15, 0.2) is 0 Å². The highest BCUT2D eigenvalue weighted by Gasteiger charge is 2.32. The van der Waals surface area contributed by atoms with Gasteiger partial charge in [0.25, 0.3) is 0 Å². The first-order valence-corrected chi connectivity index (χ1v) is 20.6. The van der Waals surface area contributed by atoms with E-state index in [0.717, 1.165) is 21.9 Å². The monoisotopic (exact) mass is 763 g/mol. The fourth-order valence-corrected chi connectivity index (χ4v) is 9.55. The first-order valence-electron chi connectivity index (χ1n) is 17.7. The molecule has 0 saturated carbocycles. The largest absolute Gasteiger partial charge is 0.445 e. The second-order valence-electron chi connectivity index (χ2n) is 13.3. The van der Waals surface area contributed by atoms with Crippen LogP contribution in [0.1, 0.15) is 11.1 Å². The number of rotatable bonds is 12. The van der Waals surface area contributed by atoms with Crippen LogP contribution >= 0.6 is 0 Å². The van der Waals surface area contributed by atoms with Crippen LogP contribution < -0.4 is 4.18 Å². The molecule has 1 unspecified atom stereocenters. The van der Waals surface area contributed by atoms with Crippen molar-refractivity contribution in [2.45, 2.75) is 28.9 Å². The third-order valence-corrected chi connectivity index (χ3v) is 13.1. The standard InChI is InChI=1S/C42H41N3O7S2/c1-43(53(47,48)40-19-9-15-34-13-5-7-17-38(34)40)36(30-44-25-27-45(28-26-44)42(46)51-31-33-11-3-2-4-12-33)29-32-21-23-37(24-22-32)52-54(49,50)41-20-10-16-35-14-6-8-18-39(35)41/h2-24,36H,25-31H2,1H3. The van der Waals surface area contributed by atoms with Crippen molar-refractivity contribution in [3.8, 4) is 5.75 Å². The van der Waals surface area contributed by atoms with E-state index in [2.05, 4.69) is 4.90 Å². The second-order valence-corrected chi connectivity index (χ2v) is 16.8. The molecule has 1 atom stereocenters. The van der Waals surface area contributed by atoms with Gasteiger partial charge in [-0.25, -0.2) is 13.2 Å². The molecular formula is C42H41N3O7S2. The maximum Gasteiger partial charge on any atom is 0.410 e. The minimum Gasteiger partial charge on any atom is -0.445 e. The van der Waals surface area contributed by atoms with Crippen molar-refractivity contribution in [1.29, 1.82) is 0 Å². The van der Waals surface area contributed by atoms with Gasteiger partial charge in [-0.15, -0.1) is 0 Å². The molecule has 1 amide bonds. The van der Waals surface area contributed by atoms with Gasteiger partial charge < -0.3 is 13.8 Å². The molecule has 6 aromatic carbocycles. The van der Waals surface area contributed by atoms with Gasteiger partial charge in [-0.1, -0.05) is 115 Å². The van der Waals surface area contributed by atoms with E-state index >= 15 is 0 Å². The van der Waals surface area contributed by atoms with Crippen LogP contribution in [0.2, 0.25) is 0 Å². The van der Waals surface area contributed by atoms with Crippen LogP contribution in [0.3, 0.4) is 0 Å². The van der Waals surface area contributed by atoms with Crippen LogP contribution in [-0.4, -0.2) is 82.8 Å². The van der Waals surface area contributed by atoms with Gasteiger partial charge in [-0.05, 0) is 52.6 Å². The van der Waals surface area contributed by atoms with Crippen LogP contribution in [0.5, 0.6) is 5.75 Å². The second kappa shape index (κ2) is 16.0. The molecule has 1 fully saturated rings. The summed E-state index contributed by atoms with van der Waals surface area (Å²) < 4.78 is 67.9. The Balaban J connectivity index is 1.08. The molecule has 0 spiro atoms. The molecule has 0 bridgehead atoms. The lowest BCUT2D eigenvalue weighted by Gasteiger charge is -2.38. The number of carbonyl (C=O) groups is 1. The van der Waals surface area contributed by atoms with E-state index in [-0.39, 0.29) is 28.2 Å². The zero-order valence-electron chi connectivity index (χ0n) is 29.8. The zero-order valence-corrected chi connectivity index (χ0v) is 31.5. The number of piperazine rings is 1. The molecular weight excluding hydrogens is 723 g/mol. The van der Waals surface area contributed by atoms with Gasteiger partial charge in [0.05, 0.1) is 4.90 Å². The lowest BCUT2D eigenvalue weighted by molar-refractivity contribution is 0.0673. The molecule has 0 aliphatic carbocycles. The Labute approximate surface area is 316 Å². The Morgan fingerprint density at radius 1 is 0.648 bits per heavy atom. The lowest BCUT2D eigenvalue weighted by atomic mass is 10.0. The smallest absolute Gasteiger partial charge is 0.410 e. The normalized spacial score (nSPS) is 14.7. The Morgan fingerprint density at radius 3 is 1.85 bits per heavy atom. The predicted molar refractivity (Wildman–Crippen MR) is 209 cm³/mol. The molecule has 1 heterocycles. The summed E-state index contributed by atoms with van der Waals surface area (Å²) in [5.74, 6) is 0.148. The minimum absolute atomic E-state index is 0.0783. The van der Waals surface area contributed by atoms with Crippen LogP contribution in [0.4, 0.5) is 4.79 Å². The number of hydrogen-bond acceptors (Lipinski definition) is 8. The summed E-state index contributed by atoms with van der Waals surface area (Å²) in [7, 11) is -6.49. The number of fused-ring (bicyclic) bond motifs is 2. The van der Waals surface area contributed by atoms with Crippen molar-refractivity contribution in [1.82, 2.24) is 14.1 Å². The Morgan fingerprint density at radius 2 is 1.20 bits per heavy atom. The predicted octanol–water partition coefficient (Wildman–Crippen LogP) is 6.95. The van der Waals surface area contributed by atoms with Gasteiger partial charge >= 0.3 is 16.2 Å². The van der Waals surface area contributed by atoms with Gasteiger partial charge in [-0.3, -0.25) is 4.90 Å². The van der Waals surface area contributed by atoms with Crippen molar-refractivity contribution in [3.63, 3.8) is 0 Å². The van der Waals surface area contributed by atoms with E-state index in [1.807, 2.05) is 78.9 Å². The van der Waals surface area contributed by atoms with Gasteiger partial charge in [0.1, 0.15) is 17.3 Å². The average Bonchev–Trinajstić information content (AvgIpc) is 3.20. The van der Waals surface area contributed by atoms with Crippen molar-refractivity contribution in [2.75, 3.05) is 39.8 Å². The number of carbonyl (C=O) groups excluding carboxylic acids is 1. The number of nitrogens with zero attached hydrogens (tertiary/aromatic N) is 3. The zero-order chi connectivity index (χ0) is 37.7. The number of hydrogen-bond donors (Lipinski definition) is 0. The van der Waals surface area contributed by atoms with E-state index in [4.69, 9.17) is 8.92 Å². The van der Waals surface area contributed by atoms with E-state index in [9.17, 15) is 21.6 Å². The first kappa shape index (κ1) is 37.1. The molecule has 0 N–H and O–H groups in total. The number of benzene rings is 6. The summed E-state index contributed by atoms with van der Waals surface area (Å²) in [6.45, 7) is 2.56. The summed E-state index contributed by atoms with van der Waals surface area (Å²) in [5, 5.41) is 2.82. The highest BCUT2D eigenvalue weighted by Crippen LogP contribution is 2.29. The summed E-state index contributed by atoms with van der Waals surface area (Å²) in [4.78, 5) is 17.0. The summed E-state index contributed by atoms with van der Waals surface area (Å²) >= 11 is 0. The van der Waals surface area contributed by atoms with Gasteiger partial charge in [-0.2, -0.15) is 12.7 Å². The van der Waals surface area contributed by atoms with Crippen molar-refractivity contribution in [2.24, 2.45) is 0 Å². The number of sulfonamides is 1. The van der Waals surface area contributed by atoms with E-state index in [1.54, 1.807) is 66.5 Å². The number of amides is 1. The summed E-state index contributed by atoms with van der Waals surface area (Å²) in [6.07, 6.45) is -0.0358. The van der Waals surface area contributed by atoms with Crippen molar-refractivity contribution in [3.05, 3.63) is 151 Å². The number of likely N-dealkylation sites (N-methyl/N-ethyl adjacent to an activating group) is 1.